The Labute approximate surface area is 132 Å². The van der Waals surface area contributed by atoms with E-state index in [-0.39, 0.29) is 5.91 Å². The number of nitrogens with one attached hydrogen (secondary N) is 1. The van der Waals surface area contributed by atoms with E-state index in [0.29, 0.717) is 18.8 Å². The third-order valence-corrected chi connectivity index (χ3v) is 3.95. The highest BCUT2D eigenvalue weighted by atomic mass is 16.5. The lowest BCUT2D eigenvalue weighted by Gasteiger charge is -2.20. The van der Waals surface area contributed by atoms with Crippen molar-refractivity contribution in [1.82, 2.24) is 5.43 Å². The molecule has 0 atom stereocenters. The molecule has 1 aromatic rings. The number of aryl methyl sites for hydroxylation is 1. The summed E-state index contributed by atoms with van der Waals surface area (Å²) in [6.45, 7) is 9.34. The van der Waals surface area contributed by atoms with Gasteiger partial charge in [-0.25, -0.2) is 5.43 Å². The molecule has 22 heavy (non-hydrogen) atoms. The van der Waals surface area contributed by atoms with Crippen LogP contribution < -0.4 is 10.2 Å². The highest BCUT2D eigenvalue weighted by molar-refractivity contribution is 6.05. The van der Waals surface area contributed by atoms with Gasteiger partial charge in [-0.2, -0.15) is 5.10 Å². The lowest BCUT2D eigenvalue weighted by molar-refractivity contribution is -0.121. The first-order chi connectivity index (χ1) is 10.5. The van der Waals surface area contributed by atoms with Crippen molar-refractivity contribution < 1.29 is 9.53 Å². The van der Waals surface area contributed by atoms with Crippen molar-refractivity contribution in [3.05, 3.63) is 28.8 Å². The first kappa shape index (κ1) is 16.5. The zero-order chi connectivity index (χ0) is 16.1. The minimum atomic E-state index is -0.00925. The Balaban J connectivity index is 2.32. The van der Waals surface area contributed by atoms with E-state index in [0.717, 1.165) is 42.0 Å². The van der Waals surface area contributed by atoms with Crippen LogP contribution in [-0.4, -0.2) is 18.2 Å². The molecule has 1 N–H and O–H groups in total. The summed E-state index contributed by atoms with van der Waals surface area (Å²) in [5.74, 6) is 1.35. The van der Waals surface area contributed by atoms with E-state index in [9.17, 15) is 4.79 Å². The minimum Gasteiger partial charge on any atom is -0.493 e. The molecular weight excluding hydrogens is 276 g/mol. The molecular formula is C18H26N2O2. The van der Waals surface area contributed by atoms with E-state index in [2.05, 4.69) is 50.4 Å². The van der Waals surface area contributed by atoms with Gasteiger partial charge >= 0.3 is 0 Å². The number of carbonyl (C=O) groups is 1. The lowest BCUT2D eigenvalue weighted by atomic mass is 9.92. The molecule has 0 radical (unpaired) electrons. The molecule has 0 spiro atoms. The molecule has 1 aromatic carbocycles. The molecule has 1 aliphatic rings. The van der Waals surface area contributed by atoms with Crippen LogP contribution in [-0.2, 0) is 4.79 Å². The Bertz CT molecular complexity index is 577. The number of amides is 1. The SMILES string of the molecule is CCCCOc1cc(C)c(C2=NNC(=O)CC2)cc1C(C)C. The minimum absolute atomic E-state index is 0.00925. The molecule has 1 aliphatic heterocycles. The van der Waals surface area contributed by atoms with Gasteiger partial charge in [0.2, 0.25) is 5.91 Å². The number of carbonyl (C=O) groups excluding carboxylic acids is 1. The van der Waals surface area contributed by atoms with Gasteiger partial charge in [-0.15, -0.1) is 0 Å². The third kappa shape index (κ3) is 3.87. The Kier molecular flexibility index (Phi) is 5.58. The van der Waals surface area contributed by atoms with Gasteiger partial charge < -0.3 is 4.74 Å². The normalized spacial score (nSPS) is 14.8. The standard InChI is InChI=1S/C18H26N2O2/c1-5-6-9-22-17-10-13(4)15(11-14(17)12(2)3)16-7-8-18(21)20-19-16/h10-12H,5-9H2,1-4H3,(H,20,21). The van der Waals surface area contributed by atoms with Crippen LogP contribution in [0, 0.1) is 6.92 Å². The molecule has 4 nitrogen and oxygen atoms in total. The zero-order valence-corrected chi connectivity index (χ0v) is 14.0. The highest BCUT2D eigenvalue weighted by Gasteiger charge is 2.18. The number of ether oxygens (including phenoxy) is 1. The third-order valence-electron chi connectivity index (χ3n) is 3.95. The van der Waals surface area contributed by atoms with Crippen LogP contribution in [0.4, 0.5) is 0 Å². The summed E-state index contributed by atoms with van der Waals surface area (Å²) in [6.07, 6.45) is 3.39. The molecule has 0 unspecified atom stereocenters. The van der Waals surface area contributed by atoms with Gasteiger partial charge in [-0.3, -0.25) is 4.79 Å². The largest absolute Gasteiger partial charge is 0.493 e. The van der Waals surface area contributed by atoms with Crippen molar-refractivity contribution in [2.24, 2.45) is 5.10 Å². The van der Waals surface area contributed by atoms with Crippen LogP contribution in [0.15, 0.2) is 17.2 Å². The molecule has 0 bridgehead atoms. The number of hydrogen-bond donors (Lipinski definition) is 1. The summed E-state index contributed by atoms with van der Waals surface area (Å²) in [4.78, 5) is 11.3. The van der Waals surface area contributed by atoms with Crippen LogP contribution >= 0.6 is 0 Å². The Morgan fingerprint density at radius 1 is 1.32 bits per heavy atom. The molecule has 4 heteroatoms. The number of hydrazone groups is 1. The first-order valence-corrected chi connectivity index (χ1v) is 8.16. The fourth-order valence-corrected chi connectivity index (χ4v) is 2.58. The number of hydrogen-bond acceptors (Lipinski definition) is 3. The number of nitrogens with zero attached hydrogens (tertiary/aromatic N) is 1. The van der Waals surface area contributed by atoms with Crippen molar-refractivity contribution in [2.75, 3.05) is 6.61 Å². The van der Waals surface area contributed by atoms with E-state index in [4.69, 9.17) is 4.74 Å². The maximum atomic E-state index is 11.3. The summed E-state index contributed by atoms with van der Waals surface area (Å²) < 4.78 is 5.97. The fraction of sp³-hybridized carbons (Fsp3) is 0.556. The first-order valence-electron chi connectivity index (χ1n) is 8.16. The second-order valence-electron chi connectivity index (χ2n) is 6.16. The van der Waals surface area contributed by atoms with Crippen LogP contribution in [0.5, 0.6) is 5.75 Å². The Hall–Kier alpha value is -1.84. The van der Waals surface area contributed by atoms with Gasteiger partial charge in [0.25, 0.3) is 0 Å². The van der Waals surface area contributed by atoms with Gasteiger partial charge in [0, 0.05) is 18.4 Å². The summed E-state index contributed by atoms with van der Waals surface area (Å²) in [5, 5.41) is 4.22. The van der Waals surface area contributed by atoms with Crippen molar-refractivity contribution >= 4 is 11.6 Å². The van der Waals surface area contributed by atoms with E-state index in [1.807, 2.05) is 0 Å². The number of rotatable bonds is 6. The topological polar surface area (TPSA) is 50.7 Å². The molecule has 0 fully saturated rings. The average Bonchev–Trinajstić information content (AvgIpc) is 2.48. The van der Waals surface area contributed by atoms with Crippen LogP contribution in [0.25, 0.3) is 0 Å². The molecule has 1 amide bonds. The molecule has 0 aliphatic carbocycles. The molecule has 1 heterocycles. The Morgan fingerprint density at radius 3 is 2.68 bits per heavy atom. The van der Waals surface area contributed by atoms with Crippen molar-refractivity contribution in [1.29, 1.82) is 0 Å². The van der Waals surface area contributed by atoms with E-state index in [1.54, 1.807) is 0 Å². The van der Waals surface area contributed by atoms with E-state index < -0.39 is 0 Å². The second-order valence-corrected chi connectivity index (χ2v) is 6.16. The summed E-state index contributed by atoms with van der Waals surface area (Å²) >= 11 is 0. The monoisotopic (exact) mass is 302 g/mol. The lowest BCUT2D eigenvalue weighted by Crippen LogP contribution is -2.26. The van der Waals surface area contributed by atoms with Crippen molar-refractivity contribution in [3.63, 3.8) is 0 Å². The van der Waals surface area contributed by atoms with Gasteiger partial charge in [-0.1, -0.05) is 27.2 Å². The molecule has 120 valence electrons. The van der Waals surface area contributed by atoms with E-state index in [1.165, 1.54) is 5.56 Å². The predicted octanol–water partition coefficient (Wildman–Crippen LogP) is 3.91. The van der Waals surface area contributed by atoms with Gasteiger partial charge in [-0.05, 0) is 42.5 Å². The van der Waals surface area contributed by atoms with Crippen LogP contribution in [0.1, 0.15) is 69.1 Å². The molecule has 0 aromatic heterocycles. The highest BCUT2D eigenvalue weighted by Crippen LogP contribution is 2.31. The van der Waals surface area contributed by atoms with Crippen molar-refractivity contribution in [3.8, 4) is 5.75 Å². The summed E-state index contributed by atoms with van der Waals surface area (Å²) in [6, 6.07) is 4.29. The van der Waals surface area contributed by atoms with Gasteiger partial charge in [0.05, 0.1) is 12.3 Å². The number of benzene rings is 1. The quantitative estimate of drug-likeness (QED) is 0.810. The van der Waals surface area contributed by atoms with Gasteiger partial charge in [0.15, 0.2) is 0 Å². The molecule has 0 saturated carbocycles. The zero-order valence-electron chi connectivity index (χ0n) is 14.0. The van der Waals surface area contributed by atoms with Gasteiger partial charge in [0.1, 0.15) is 5.75 Å². The maximum absolute atomic E-state index is 11.3. The maximum Gasteiger partial charge on any atom is 0.240 e. The summed E-state index contributed by atoms with van der Waals surface area (Å²) in [5.41, 5.74) is 7.00. The van der Waals surface area contributed by atoms with Crippen LogP contribution in [0.2, 0.25) is 0 Å². The summed E-state index contributed by atoms with van der Waals surface area (Å²) in [7, 11) is 0. The van der Waals surface area contributed by atoms with Crippen molar-refractivity contribution in [2.45, 2.75) is 59.3 Å². The molecule has 2 rings (SSSR count). The predicted molar refractivity (Wildman–Crippen MR) is 89.6 cm³/mol. The second kappa shape index (κ2) is 7.43. The Morgan fingerprint density at radius 2 is 2.09 bits per heavy atom. The smallest absolute Gasteiger partial charge is 0.240 e. The van der Waals surface area contributed by atoms with Crippen LogP contribution in [0.3, 0.4) is 0 Å². The number of unbranched alkanes of at least 4 members (excludes halogenated alkanes) is 1. The van der Waals surface area contributed by atoms with E-state index >= 15 is 0 Å². The fourth-order valence-electron chi connectivity index (χ4n) is 2.58. The molecule has 0 saturated heterocycles. The average molecular weight is 302 g/mol.